The zero-order valence-electron chi connectivity index (χ0n) is 22.6. The van der Waals surface area contributed by atoms with E-state index in [4.69, 9.17) is 31.9 Å². The number of nitrogens with zero attached hydrogens (tertiary/aromatic N) is 1. The maximum absolute atomic E-state index is 11.2. The summed E-state index contributed by atoms with van der Waals surface area (Å²) in [5, 5.41) is 26.6. The number of hydrogen-bond donors (Lipinski definition) is 2. The number of aromatic hydroxyl groups is 1. The van der Waals surface area contributed by atoms with Crippen molar-refractivity contribution in [2.75, 3.05) is 32.4 Å². The van der Waals surface area contributed by atoms with Crippen LogP contribution in [0.4, 0.5) is 10.1 Å². The summed E-state index contributed by atoms with van der Waals surface area (Å²) >= 11 is 2.90. The van der Waals surface area contributed by atoms with Crippen LogP contribution in [0.3, 0.4) is 0 Å². The van der Waals surface area contributed by atoms with Gasteiger partial charge in [-0.05, 0) is 24.3 Å². The number of ether oxygens (including phenoxy) is 2. The summed E-state index contributed by atoms with van der Waals surface area (Å²) in [5.74, 6) is -0.692. The number of nitrogen functional groups attached to an aromatic ring is 1. The smallest absolute Gasteiger partial charge is 1.00 e. The Hall–Kier alpha value is -0.877. The molecule has 15 heteroatoms. The van der Waals surface area contributed by atoms with Crippen LogP contribution in [-0.2, 0) is 24.0 Å². The Bertz CT molecular complexity index is 1120. The number of fused-ring (bicyclic) bond motifs is 1. The number of carbonyl (C=O) groups excluding carboxylic acids is 3. The fourth-order valence-corrected chi connectivity index (χ4v) is 2.16. The Kier molecular flexibility index (Phi) is 30.9. The van der Waals surface area contributed by atoms with Crippen molar-refractivity contribution in [3.05, 3.63) is 59.9 Å². The number of hydrogen-bond acceptors (Lipinski definition) is 11. The second kappa shape index (κ2) is 28.1. The van der Waals surface area contributed by atoms with E-state index in [2.05, 4.69) is 30.3 Å². The van der Waals surface area contributed by atoms with E-state index in [9.17, 15) is 14.0 Å². The van der Waals surface area contributed by atoms with E-state index in [-0.39, 0.29) is 133 Å². The topological polar surface area (TPSA) is 185 Å². The number of esters is 2. The van der Waals surface area contributed by atoms with Gasteiger partial charge in [0.1, 0.15) is 22.7 Å². The SMILES string of the molecule is COC(=O)CBr.COC(=O)c1oc2ccccc2c1N.N#Cc1ccccc1O.O=CO[O-].[2H]CF.[H-].[K+].[K+]. The zero-order chi connectivity index (χ0) is 27.9. The molecule has 0 aliphatic rings. The number of anilines is 1. The van der Waals surface area contributed by atoms with Gasteiger partial charge in [0.05, 0.1) is 34.0 Å². The van der Waals surface area contributed by atoms with Gasteiger partial charge < -0.3 is 36.3 Å². The predicted octanol–water partition coefficient (Wildman–Crippen LogP) is -3.24. The minimum absolute atomic E-state index is 0. The van der Waals surface area contributed by atoms with Crippen molar-refractivity contribution in [2.24, 2.45) is 0 Å². The fourth-order valence-electron chi connectivity index (χ4n) is 1.93. The molecule has 3 rings (SSSR count). The molecule has 1 aromatic heterocycles. The van der Waals surface area contributed by atoms with Crippen molar-refractivity contribution in [3.8, 4) is 11.8 Å². The minimum Gasteiger partial charge on any atom is -1.00 e. The molecule has 1 heterocycles. The molecule has 0 aliphatic carbocycles. The van der Waals surface area contributed by atoms with Crippen molar-refractivity contribution in [2.45, 2.75) is 0 Å². The number of carbonyl (C=O) groups is 3. The molecule has 0 aliphatic heterocycles. The Morgan fingerprint density at radius 2 is 1.76 bits per heavy atom. The summed E-state index contributed by atoms with van der Waals surface area (Å²) < 4.78 is 29.5. The molecule has 0 saturated heterocycles. The molecule has 0 spiro atoms. The number of para-hydroxylation sites is 2. The van der Waals surface area contributed by atoms with Crippen molar-refractivity contribution in [3.63, 3.8) is 0 Å². The predicted molar refractivity (Wildman–Crippen MR) is 126 cm³/mol. The van der Waals surface area contributed by atoms with E-state index < -0.39 is 13.1 Å². The maximum atomic E-state index is 11.2. The summed E-state index contributed by atoms with van der Waals surface area (Å²) in [7, 11) is 1.64. The molecule has 0 radical (unpaired) electrons. The van der Waals surface area contributed by atoms with Crippen LogP contribution >= 0.6 is 15.9 Å². The van der Waals surface area contributed by atoms with Crippen molar-refractivity contribution >= 4 is 51.0 Å². The molecule has 3 aromatic rings. The summed E-state index contributed by atoms with van der Waals surface area (Å²) in [6, 6.07) is 15.5. The first-order valence-corrected chi connectivity index (χ1v) is 10.1. The number of phenolic OH excluding ortho intramolecular Hbond substituents is 1. The molecule has 192 valence electrons. The molecular formula is C22H24BrFK2N2O9. The second-order valence-electron chi connectivity index (χ2n) is 5.36. The van der Waals surface area contributed by atoms with Crippen LogP contribution in [0.15, 0.2) is 52.9 Å². The minimum atomic E-state index is -1.00. The van der Waals surface area contributed by atoms with E-state index in [1.807, 2.05) is 18.2 Å². The number of furan rings is 1. The zero-order valence-corrected chi connectivity index (χ0v) is 28.4. The fraction of sp³-hybridized carbons (Fsp3) is 0.182. The number of nitrogens with two attached hydrogens (primary N) is 1. The van der Waals surface area contributed by atoms with Gasteiger partial charge >= 0.3 is 115 Å². The molecule has 0 unspecified atom stereocenters. The number of phenols is 1. The molecule has 0 saturated carbocycles. The quantitative estimate of drug-likeness (QED) is 0.0734. The van der Waals surface area contributed by atoms with Gasteiger partial charge in [-0.1, -0.05) is 40.2 Å². The normalized spacial score (nSPS) is 8.27. The summed E-state index contributed by atoms with van der Waals surface area (Å²) in [5.41, 5.74) is 6.95. The Balaban J connectivity index is -0.000000135. The van der Waals surface area contributed by atoms with E-state index in [1.54, 1.807) is 30.3 Å². The van der Waals surface area contributed by atoms with Crippen LogP contribution in [0, 0.1) is 11.3 Å². The third-order valence-electron chi connectivity index (χ3n) is 3.41. The summed E-state index contributed by atoms with van der Waals surface area (Å²) in [6.45, 7) is -0.181. The van der Waals surface area contributed by atoms with Crippen LogP contribution in [-0.4, -0.2) is 50.2 Å². The monoisotopic (exact) mass is 637 g/mol. The molecule has 2 aromatic carbocycles. The van der Waals surface area contributed by atoms with Crippen LogP contribution < -0.4 is 114 Å². The number of halogens is 2. The molecule has 0 bridgehead atoms. The number of nitriles is 1. The Morgan fingerprint density at radius 3 is 2.11 bits per heavy atom. The number of methoxy groups -OCH3 is 2. The third-order valence-corrected chi connectivity index (χ3v) is 3.86. The molecule has 11 nitrogen and oxygen atoms in total. The molecule has 0 fully saturated rings. The van der Waals surface area contributed by atoms with Crippen LogP contribution in [0.1, 0.15) is 18.9 Å². The van der Waals surface area contributed by atoms with Crippen molar-refractivity contribution in [1.29, 1.82) is 5.26 Å². The number of alkyl halides is 2. The van der Waals surface area contributed by atoms with Gasteiger partial charge in [-0.25, -0.2) is 4.79 Å². The first kappa shape index (κ1) is 40.6. The van der Waals surface area contributed by atoms with Gasteiger partial charge in [0.2, 0.25) is 5.76 Å². The van der Waals surface area contributed by atoms with Crippen LogP contribution in [0.2, 0.25) is 0 Å². The summed E-state index contributed by atoms with van der Waals surface area (Å²) in [4.78, 5) is 32.4. The molecule has 3 N–H and O–H groups in total. The van der Waals surface area contributed by atoms with Gasteiger partial charge in [-0.2, -0.15) is 5.26 Å². The van der Waals surface area contributed by atoms with Crippen LogP contribution in [0.25, 0.3) is 11.0 Å². The maximum Gasteiger partial charge on any atom is 1.00 e. The molecule has 0 amide bonds. The first-order chi connectivity index (χ1) is 17.2. The summed E-state index contributed by atoms with van der Waals surface area (Å²) in [6.07, 6.45) is 0. The van der Waals surface area contributed by atoms with E-state index in [0.29, 0.717) is 16.8 Å². The molecular weight excluding hydrogens is 613 g/mol. The van der Waals surface area contributed by atoms with Gasteiger partial charge in [-0.15, -0.1) is 0 Å². The largest absolute Gasteiger partial charge is 1.00 e. The second-order valence-corrected chi connectivity index (χ2v) is 5.92. The molecule has 0 atom stereocenters. The Labute approximate surface area is 309 Å². The first-order valence-electron chi connectivity index (χ1n) is 9.67. The number of rotatable bonds is 3. The van der Waals surface area contributed by atoms with Crippen molar-refractivity contribution in [1.82, 2.24) is 0 Å². The number of benzene rings is 2. The van der Waals surface area contributed by atoms with E-state index >= 15 is 0 Å². The van der Waals surface area contributed by atoms with Gasteiger partial charge in [-0.3, -0.25) is 14.0 Å². The standard InChI is InChI=1S/C10H9NO3.C7H5NO.C3H5BrO2.CH3F.CH2O3.2K.H/c1-13-10(12)9-8(11)6-4-2-3-5-7(6)14-9;8-5-6-3-1-2-4-7(6)9;1-6-3(5)2-4;1-2;2-1-4-3;;;/h2-5H,11H2,1H3;1-4,9H;2H2,1H3;1H3;1,3H;;;/q;;;;;2*+1;-1/p-1/i;;;1D;;;;. The molecule has 37 heavy (non-hydrogen) atoms. The van der Waals surface area contributed by atoms with E-state index in [0.717, 1.165) is 5.39 Å². The average molecular weight is 639 g/mol. The van der Waals surface area contributed by atoms with Gasteiger partial charge in [0.15, 0.2) is 0 Å². The Morgan fingerprint density at radius 1 is 1.24 bits per heavy atom. The van der Waals surface area contributed by atoms with Gasteiger partial charge in [0, 0.05) is 5.39 Å². The van der Waals surface area contributed by atoms with Crippen LogP contribution in [0.5, 0.6) is 5.75 Å². The average Bonchev–Trinajstić information content (AvgIpc) is 3.25. The van der Waals surface area contributed by atoms with E-state index in [1.165, 1.54) is 20.3 Å². The van der Waals surface area contributed by atoms with Gasteiger partial charge in [0.25, 0.3) is 6.47 Å². The van der Waals surface area contributed by atoms with Crippen molar-refractivity contribution < 1.29 is 153 Å². The third kappa shape index (κ3) is 18.1.